The van der Waals surface area contributed by atoms with Crippen LogP contribution in [0.2, 0.25) is 0 Å². The molecule has 0 bridgehead atoms. The van der Waals surface area contributed by atoms with Gasteiger partial charge in [0.05, 0.1) is 5.56 Å². The van der Waals surface area contributed by atoms with Gasteiger partial charge in [0.25, 0.3) is 5.91 Å². The SMILES string of the molecule is Nc1ccc(F)cc1C(=O)NC1CCCNC1=O. The van der Waals surface area contributed by atoms with Gasteiger partial charge < -0.3 is 16.4 Å². The number of carbonyl (C=O) groups is 2. The number of nitrogens with two attached hydrogens (primary N) is 1. The molecule has 1 atom stereocenters. The van der Waals surface area contributed by atoms with Crippen LogP contribution in [0, 0.1) is 5.82 Å². The van der Waals surface area contributed by atoms with Crippen molar-refractivity contribution in [1.82, 2.24) is 10.6 Å². The Morgan fingerprint density at radius 2 is 2.28 bits per heavy atom. The molecule has 0 aromatic heterocycles. The second-order valence-electron chi connectivity index (χ2n) is 4.19. The van der Waals surface area contributed by atoms with E-state index < -0.39 is 17.8 Å². The van der Waals surface area contributed by atoms with Crippen LogP contribution in [0.5, 0.6) is 0 Å². The zero-order valence-electron chi connectivity index (χ0n) is 9.70. The molecule has 0 aliphatic carbocycles. The van der Waals surface area contributed by atoms with Crippen molar-refractivity contribution in [2.75, 3.05) is 12.3 Å². The summed E-state index contributed by atoms with van der Waals surface area (Å²) < 4.78 is 13.0. The molecule has 2 rings (SSSR count). The Hall–Kier alpha value is -2.11. The van der Waals surface area contributed by atoms with Gasteiger partial charge in [0.1, 0.15) is 11.9 Å². The van der Waals surface area contributed by atoms with E-state index in [-0.39, 0.29) is 17.2 Å². The minimum Gasteiger partial charge on any atom is -0.398 e. The fourth-order valence-electron chi connectivity index (χ4n) is 1.87. The number of benzene rings is 1. The molecule has 1 heterocycles. The van der Waals surface area contributed by atoms with Crippen LogP contribution in [0.4, 0.5) is 10.1 Å². The molecule has 1 aromatic carbocycles. The number of carbonyl (C=O) groups excluding carboxylic acids is 2. The second-order valence-corrected chi connectivity index (χ2v) is 4.19. The average Bonchev–Trinajstić information content (AvgIpc) is 2.35. The minimum absolute atomic E-state index is 0.0494. The molecule has 1 fully saturated rings. The molecule has 2 amide bonds. The fraction of sp³-hybridized carbons (Fsp3) is 0.333. The van der Waals surface area contributed by atoms with Gasteiger partial charge in [-0.25, -0.2) is 4.39 Å². The molecule has 0 saturated carbocycles. The summed E-state index contributed by atoms with van der Waals surface area (Å²) in [5, 5.41) is 5.21. The third kappa shape index (κ3) is 2.58. The summed E-state index contributed by atoms with van der Waals surface area (Å²) in [5.41, 5.74) is 5.84. The van der Waals surface area contributed by atoms with Crippen LogP contribution < -0.4 is 16.4 Å². The predicted octanol–water partition coefficient (Wildman–Crippen LogP) is 0.416. The van der Waals surface area contributed by atoms with E-state index in [4.69, 9.17) is 5.73 Å². The van der Waals surface area contributed by atoms with E-state index in [2.05, 4.69) is 10.6 Å². The zero-order chi connectivity index (χ0) is 13.1. The Labute approximate surface area is 104 Å². The molecule has 0 spiro atoms. The van der Waals surface area contributed by atoms with Crippen LogP contribution in [0.25, 0.3) is 0 Å². The maximum absolute atomic E-state index is 13.0. The van der Waals surface area contributed by atoms with E-state index in [1.165, 1.54) is 12.1 Å². The molecule has 18 heavy (non-hydrogen) atoms. The van der Waals surface area contributed by atoms with E-state index in [1.54, 1.807) is 0 Å². The van der Waals surface area contributed by atoms with Crippen LogP contribution >= 0.6 is 0 Å². The Kier molecular flexibility index (Phi) is 3.45. The molecule has 4 N–H and O–H groups in total. The van der Waals surface area contributed by atoms with Crippen LogP contribution in [0.15, 0.2) is 18.2 Å². The predicted molar refractivity (Wildman–Crippen MR) is 64.3 cm³/mol. The monoisotopic (exact) mass is 251 g/mol. The number of hydrogen-bond donors (Lipinski definition) is 3. The maximum atomic E-state index is 13.0. The first-order chi connectivity index (χ1) is 8.58. The van der Waals surface area contributed by atoms with E-state index in [0.29, 0.717) is 13.0 Å². The topological polar surface area (TPSA) is 84.2 Å². The van der Waals surface area contributed by atoms with E-state index in [1.807, 2.05) is 0 Å². The molecular formula is C12H14FN3O2. The standard InChI is InChI=1S/C12H14FN3O2/c13-7-3-4-9(14)8(6-7)11(17)16-10-2-1-5-15-12(10)18/h3-4,6,10H,1-2,5,14H2,(H,15,18)(H,16,17). The van der Waals surface area contributed by atoms with Gasteiger partial charge in [-0.05, 0) is 31.0 Å². The van der Waals surface area contributed by atoms with Gasteiger partial charge in [-0.15, -0.1) is 0 Å². The highest BCUT2D eigenvalue weighted by Crippen LogP contribution is 2.14. The highest BCUT2D eigenvalue weighted by atomic mass is 19.1. The Bertz CT molecular complexity index is 490. The highest BCUT2D eigenvalue weighted by molar-refractivity contribution is 6.01. The van der Waals surface area contributed by atoms with Crippen LogP contribution in [0.1, 0.15) is 23.2 Å². The molecule has 1 saturated heterocycles. The van der Waals surface area contributed by atoms with Gasteiger partial charge in [0.15, 0.2) is 0 Å². The summed E-state index contributed by atoms with van der Waals surface area (Å²) >= 11 is 0. The second kappa shape index (κ2) is 5.03. The summed E-state index contributed by atoms with van der Waals surface area (Å²) in [5.74, 6) is -1.29. The van der Waals surface area contributed by atoms with E-state index in [0.717, 1.165) is 12.5 Å². The molecule has 6 heteroatoms. The third-order valence-corrected chi connectivity index (χ3v) is 2.85. The fourth-order valence-corrected chi connectivity index (χ4v) is 1.87. The number of piperidine rings is 1. The smallest absolute Gasteiger partial charge is 0.254 e. The van der Waals surface area contributed by atoms with Crippen molar-refractivity contribution in [3.05, 3.63) is 29.6 Å². The lowest BCUT2D eigenvalue weighted by atomic mass is 10.1. The number of nitrogen functional groups attached to an aromatic ring is 1. The number of anilines is 1. The number of nitrogens with one attached hydrogen (secondary N) is 2. The molecule has 5 nitrogen and oxygen atoms in total. The Morgan fingerprint density at radius 3 is 3.00 bits per heavy atom. The average molecular weight is 251 g/mol. The number of hydrogen-bond acceptors (Lipinski definition) is 3. The van der Waals surface area contributed by atoms with Crippen LogP contribution in [0.3, 0.4) is 0 Å². The molecule has 1 unspecified atom stereocenters. The van der Waals surface area contributed by atoms with Crippen LogP contribution in [-0.2, 0) is 4.79 Å². The number of rotatable bonds is 2. The molecule has 1 aromatic rings. The zero-order valence-corrected chi connectivity index (χ0v) is 9.70. The summed E-state index contributed by atoms with van der Waals surface area (Å²) in [7, 11) is 0. The van der Waals surface area contributed by atoms with E-state index >= 15 is 0 Å². The van der Waals surface area contributed by atoms with E-state index in [9.17, 15) is 14.0 Å². The van der Waals surface area contributed by atoms with Crippen molar-refractivity contribution in [2.24, 2.45) is 0 Å². The van der Waals surface area contributed by atoms with Crippen LogP contribution in [-0.4, -0.2) is 24.4 Å². The van der Waals surface area contributed by atoms with Crippen molar-refractivity contribution in [3.63, 3.8) is 0 Å². The van der Waals surface area contributed by atoms with Gasteiger partial charge >= 0.3 is 0 Å². The lowest BCUT2D eigenvalue weighted by Crippen LogP contribution is -2.50. The molecule has 1 aliphatic rings. The first kappa shape index (κ1) is 12.3. The lowest BCUT2D eigenvalue weighted by molar-refractivity contribution is -0.124. The first-order valence-corrected chi connectivity index (χ1v) is 5.71. The molecular weight excluding hydrogens is 237 g/mol. The number of halogens is 1. The lowest BCUT2D eigenvalue weighted by Gasteiger charge is -2.23. The molecule has 96 valence electrons. The largest absolute Gasteiger partial charge is 0.398 e. The van der Waals surface area contributed by atoms with Crippen molar-refractivity contribution in [1.29, 1.82) is 0 Å². The Balaban J connectivity index is 2.11. The molecule has 1 aliphatic heterocycles. The summed E-state index contributed by atoms with van der Waals surface area (Å²) in [6.07, 6.45) is 1.38. The highest BCUT2D eigenvalue weighted by Gasteiger charge is 2.24. The van der Waals surface area contributed by atoms with Crippen molar-refractivity contribution in [3.8, 4) is 0 Å². The minimum atomic E-state index is -0.575. The van der Waals surface area contributed by atoms with Gasteiger partial charge in [-0.2, -0.15) is 0 Å². The molecule has 0 radical (unpaired) electrons. The van der Waals surface area contributed by atoms with Gasteiger partial charge in [-0.3, -0.25) is 9.59 Å². The normalized spacial score (nSPS) is 19.2. The number of amides is 2. The van der Waals surface area contributed by atoms with Gasteiger partial charge in [0.2, 0.25) is 5.91 Å². The maximum Gasteiger partial charge on any atom is 0.254 e. The summed E-state index contributed by atoms with van der Waals surface area (Å²) in [4.78, 5) is 23.4. The van der Waals surface area contributed by atoms with Gasteiger partial charge in [0, 0.05) is 12.2 Å². The first-order valence-electron chi connectivity index (χ1n) is 5.71. The Morgan fingerprint density at radius 1 is 1.50 bits per heavy atom. The third-order valence-electron chi connectivity index (χ3n) is 2.85. The van der Waals surface area contributed by atoms with Crippen molar-refractivity contribution in [2.45, 2.75) is 18.9 Å². The van der Waals surface area contributed by atoms with Gasteiger partial charge in [-0.1, -0.05) is 0 Å². The summed E-state index contributed by atoms with van der Waals surface area (Å²) in [6.45, 7) is 0.618. The van der Waals surface area contributed by atoms with Crippen molar-refractivity contribution < 1.29 is 14.0 Å². The van der Waals surface area contributed by atoms with Crippen molar-refractivity contribution >= 4 is 17.5 Å². The quantitative estimate of drug-likeness (QED) is 0.666. The summed E-state index contributed by atoms with van der Waals surface area (Å²) in [6, 6.07) is 2.99.